The molecule has 1 aromatic rings. The number of benzene rings is 1. The molecule has 1 N–H and O–H groups in total. The third-order valence-corrected chi connectivity index (χ3v) is 4.22. The molecule has 2 rings (SSSR count). The second-order valence-electron chi connectivity index (χ2n) is 5.88. The molecule has 0 bridgehead atoms. The van der Waals surface area contributed by atoms with Gasteiger partial charge in [-0.05, 0) is 43.9 Å². The summed E-state index contributed by atoms with van der Waals surface area (Å²) in [5, 5.41) is 3.61. The van der Waals surface area contributed by atoms with Crippen LogP contribution in [0.5, 0.6) is 5.75 Å². The number of rotatable bonds is 7. The molecule has 3 heteroatoms. The van der Waals surface area contributed by atoms with E-state index in [-0.39, 0.29) is 0 Å². The Morgan fingerprint density at radius 1 is 1.30 bits per heavy atom. The molecular formula is C17H28N2O. The van der Waals surface area contributed by atoms with E-state index in [4.69, 9.17) is 4.74 Å². The second-order valence-corrected chi connectivity index (χ2v) is 5.88. The van der Waals surface area contributed by atoms with Crippen LogP contribution < -0.4 is 15.0 Å². The van der Waals surface area contributed by atoms with E-state index in [9.17, 15) is 0 Å². The summed E-state index contributed by atoms with van der Waals surface area (Å²) in [5.41, 5.74) is 1.19. The summed E-state index contributed by atoms with van der Waals surface area (Å²) in [5.74, 6) is 1.76. The van der Waals surface area contributed by atoms with Crippen LogP contribution in [-0.2, 0) is 0 Å². The van der Waals surface area contributed by atoms with Gasteiger partial charge in [0.15, 0.2) is 0 Å². The average molecular weight is 276 g/mol. The quantitative estimate of drug-likeness (QED) is 0.827. The molecule has 0 radical (unpaired) electrons. The van der Waals surface area contributed by atoms with Gasteiger partial charge in [-0.25, -0.2) is 0 Å². The van der Waals surface area contributed by atoms with E-state index in [0.29, 0.717) is 6.04 Å². The fourth-order valence-corrected chi connectivity index (χ4v) is 3.09. The van der Waals surface area contributed by atoms with Gasteiger partial charge in [-0.15, -0.1) is 0 Å². The van der Waals surface area contributed by atoms with Crippen LogP contribution in [0.2, 0.25) is 0 Å². The molecule has 20 heavy (non-hydrogen) atoms. The van der Waals surface area contributed by atoms with Crippen LogP contribution >= 0.6 is 0 Å². The fraction of sp³-hybridized carbons (Fsp3) is 0.647. The maximum atomic E-state index is 5.93. The lowest BCUT2D eigenvalue weighted by Gasteiger charge is -2.20. The zero-order valence-corrected chi connectivity index (χ0v) is 13.1. The predicted molar refractivity (Wildman–Crippen MR) is 85.7 cm³/mol. The molecule has 1 aromatic carbocycles. The summed E-state index contributed by atoms with van der Waals surface area (Å²) in [6.07, 6.45) is 5.19. The zero-order chi connectivity index (χ0) is 14.4. The highest BCUT2D eigenvalue weighted by Crippen LogP contribution is 2.28. The summed E-state index contributed by atoms with van der Waals surface area (Å²) in [6.45, 7) is 4.09. The normalized spacial score (nSPS) is 21.9. The van der Waals surface area contributed by atoms with Gasteiger partial charge in [0.05, 0.1) is 6.61 Å². The zero-order valence-electron chi connectivity index (χ0n) is 13.1. The first-order valence-electron chi connectivity index (χ1n) is 7.84. The fourth-order valence-electron chi connectivity index (χ4n) is 3.09. The Balaban J connectivity index is 1.79. The summed E-state index contributed by atoms with van der Waals surface area (Å²) >= 11 is 0. The van der Waals surface area contributed by atoms with Gasteiger partial charge in [-0.2, -0.15) is 0 Å². The van der Waals surface area contributed by atoms with Gasteiger partial charge in [0, 0.05) is 31.9 Å². The molecule has 0 saturated heterocycles. The van der Waals surface area contributed by atoms with Crippen molar-refractivity contribution < 1.29 is 4.74 Å². The number of ether oxygens (including phenoxy) is 1. The predicted octanol–water partition coefficient (Wildman–Crippen LogP) is 3.30. The Labute approximate surface area is 123 Å². The Morgan fingerprint density at radius 3 is 2.90 bits per heavy atom. The van der Waals surface area contributed by atoms with Gasteiger partial charge in [-0.3, -0.25) is 0 Å². The van der Waals surface area contributed by atoms with E-state index >= 15 is 0 Å². The number of nitrogens with zero attached hydrogens (tertiary/aromatic N) is 1. The van der Waals surface area contributed by atoms with Crippen molar-refractivity contribution in [3.05, 3.63) is 24.3 Å². The van der Waals surface area contributed by atoms with Crippen LogP contribution in [0.1, 0.15) is 32.6 Å². The first kappa shape index (κ1) is 15.2. The highest BCUT2D eigenvalue weighted by molar-refractivity contribution is 5.49. The van der Waals surface area contributed by atoms with Crippen molar-refractivity contribution in [2.45, 2.75) is 38.6 Å². The maximum absolute atomic E-state index is 5.93. The van der Waals surface area contributed by atoms with E-state index in [2.05, 4.69) is 49.4 Å². The van der Waals surface area contributed by atoms with Gasteiger partial charge in [0.25, 0.3) is 0 Å². The highest BCUT2D eigenvalue weighted by atomic mass is 16.5. The number of nitrogens with one attached hydrogen (secondary N) is 1. The van der Waals surface area contributed by atoms with Crippen molar-refractivity contribution in [1.82, 2.24) is 5.32 Å². The van der Waals surface area contributed by atoms with Crippen molar-refractivity contribution in [2.24, 2.45) is 5.92 Å². The van der Waals surface area contributed by atoms with Crippen LogP contribution in [-0.4, -0.2) is 33.3 Å². The first-order valence-corrected chi connectivity index (χ1v) is 7.84. The van der Waals surface area contributed by atoms with Crippen molar-refractivity contribution in [2.75, 3.05) is 32.1 Å². The van der Waals surface area contributed by atoms with E-state index in [1.807, 2.05) is 6.07 Å². The van der Waals surface area contributed by atoms with Gasteiger partial charge in [0.1, 0.15) is 5.75 Å². The molecule has 2 unspecified atom stereocenters. The Hall–Kier alpha value is -1.22. The van der Waals surface area contributed by atoms with Crippen LogP contribution in [0.4, 0.5) is 5.69 Å². The molecule has 1 fully saturated rings. The molecule has 0 aliphatic heterocycles. The van der Waals surface area contributed by atoms with Crippen LogP contribution in [0, 0.1) is 5.92 Å². The molecule has 3 nitrogen and oxygen atoms in total. The first-order chi connectivity index (χ1) is 9.70. The molecule has 0 heterocycles. The number of hydrogen-bond acceptors (Lipinski definition) is 3. The van der Waals surface area contributed by atoms with Crippen molar-refractivity contribution >= 4 is 5.69 Å². The lowest BCUT2D eigenvalue weighted by molar-refractivity contribution is 0.261. The van der Waals surface area contributed by atoms with Crippen molar-refractivity contribution in [3.8, 4) is 5.75 Å². The molecule has 1 aliphatic rings. The molecule has 112 valence electrons. The Bertz CT molecular complexity index is 406. The van der Waals surface area contributed by atoms with Gasteiger partial charge < -0.3 is 15.0 Å². The maximum Gasteiger partial charge on any atom is 0.121 e. The van der Waals surface area contributed by atoms with Crippen LogP contribution in [0.25, 0.3) is 0 Å². The summed E-state index contributed by atoms with van der Waals surface area (Å²) in [4.78, 5) is 2.10. The standard InChI is InChI=1S/C17H28N2O/c1-4-18-17-10-5-7-14(17)11-12-20-16-9-6-8-15(13-16)19(2)3/h6,8-9,13-14,17-18H,4-5,7,10-12H2,1-3H3. The molecule has 0 amide bonds. The minimum Gasteiger partial charge on any atom is -0.494 e. The summed E-state index contributed by atoms with van der Waals surface area (Å²) < 4.78 is 5.93. The SMILES string of the molecule is CCNC1CCCC1CCOc1cccc(N(C)C)c1. The third-order valence-electron chi connectivity index (χ3n) is 4.22. The molecule has 1 saturated carbocycles. The second kappa shape index (κ2) is 7.53. The molecule has 2 atom stereocenters. The topological polar surface area (TPSA) is 24.5 Å². The van der Waals surface area contributed by atoms with Crippen molar-refractivity contribution in [3.63, 3.8) is 0 Å². The lowest BCUT2D eigenvalue weighted by Crippen LogP contribution is -2.32. The van der Waals surface area contributed by atoms with E-state index in [1.165, 1.54) is 24.9 Å². The third kappa shape index (κ3) is 4.14. The van der Waals surface area contributed by atoms with E-state index in [0.717, 1.165) is 31.2 Å². The largest absolute Gasteiger partial charge is 0.494 e. The monoisotopic (exact) mass is 276 g/mol. The Kier molecular flexibility index (Phi) is 5.72. The summed E-state index contributed by atoms with van der Waals surface area (Å²) in [6, 6.07) is 9.02. The minimum absolute atomic E-state index is 0.705. The van der Waals surface area contributed by atoms with Gasteiger partial charge >= 0.3 is 0 Å². The summed E-state index contributed by atoms with van der Waals surface area (Å²) in [7, 11) is 4.11. The van der Waals surface area contributed by atoms with Crippen LogP contribution in [0.3, 0.4) is 0 Å². The van der Waals surface area contributed by atoms with Gasteiger partial charge in [-0.1, -0.05) is 19.4 Å². The Morgan fingerprint density at radius 2 is 2.15 bits per heavy atom. The lowest BCUT2D eigenvalue weighted by atomic mass is 10.00. The van der Waals surface area contributed by atoms with E-state index in [1.54, 1.807) is 0 Å². The smallest absolute Gasteiger partial charge is 0.121 e. The number of hydrogen-bond donors (Lipinski definition) is 1. The molecule has 0 spiro atoms. The minimum atomic E-state index is 0.705. The average Bonchev–Trinajstić information content (AvgIpc) is 2.87. The van der Waals surface area contributed by atoms with Crippen LogP contribution in [0.15, 0.2) is 24.3 Å². The molecular weight excluding hydrogens is 248 g/mol. The molecule has 1 aliphatic carbocycles. The number of anilines is 1. The van der Waals surface area contributed by atoms with E-state index < -0.39 is 0 Å². The van der Waals surface area contributed by atoms with Gasteiger partial charge in [0.2, 0.25) is 0 Å². The highest BCUT2D eigenvalue weighted by Gasteiger charge is 2.25. The molecule has 0 aromatic heterocycles. The van der Waals surface area contributed by atoms with Crippen molar-refractivity contribution in [1.29, 1.82) is 0 Å².